The first-order valence-electron chi connectivity index (χ1n) is 5.36. The number of aromatic nitrogens is 2. The van der Waals surface area contributed by atoms with Gasteiger partial charge in [-0.3, -0.25) is 4.79 Å². The molecule has 0 saturated carbocycles. The number of halogens is 2. The molecular weight excluding hydrogens is 385 g/mol. The van der Waals surface area contributed by atoms with Crippen LogP contribution in [0.2, 0.25) is 0 Å². The third-order valence-electron chi connectivity index (χ3n) is 2.09. The lowest BCUT2D eigenvalue weighted by atomic mass is 10.2. The fraction of sp³-hybridized carbons (Fsp3) is 0.182. The number of nitrogens with two attached hydrogens (primary N) is 1. The summed E-state index contributed by atoms with van der Waals surface area (Å²) in [6.07, 6.45) is 0. The molecule has 1 amide bonds. The summed E-state index contributed by atoms with van der Waals surface area (Å²) in [6.45, 7) is 0. The molecule has 20 heavy (non-hydrogen) atoms. The summed E-state index contributed by atoms with van der Waals surface area (Å²) in [6, 6.07) is 4.59. The Morgan fingerprint density at radius 1 is 1.35 bits per heavy atom. The molecule has 9 heteroatoms. The molecule has 2 rings (SSSR count). The molecule has 0 saturated heterocycles. The van der Waals surface area contributed by atoms with Crippen molar-refractivity contribution in [2.24, 2.45) is 5.73 Å². The first kappa shape index (κ1) is 15.7. The Kier molecular flexibility index (Phi) is 5.82. The molecule has 106 valence electrons. The first-order chi connectivity index (χ1) is 9.54. The molecule has 1 heterocycles. The number of thioether (sulfide) groups is 2. The summed E-state index contributed by atoms with van der Waals surface area (Å²) < 4.78 is 15.2. The van der Waals surface area contributed by atoms with Crippen LogP contribution in [0.3, 0.4) is 0 Å². The van der Waals surface area contributed by atoms with E-state index in [0.29, 0.717) is 10.1 Å². The van der Waals surface area contributed by atoms with E-state index >= 15 is 0 Å². The van der Waals surface area contributed by atoms with E-state index in [-0.39, 0.29) is 17.5 Å². The monoisotopic (exact) mass is 393 g/mol. The van der Waals surface area contributed by atoms with Crippen LogP contribution >= 0.6 is 50.8 Å². The van der Waals surface area contributed by atoms with Gasteiger partial charge < -0.3 is 5.73 Å². The van der Waals surface area contributed by atoms with Gasteiger partial charge in [-0.15, -0.1) is 10.2 Å². The van der Waals surface area contributed by atoms with E-state index in [1.807, 2.05) is 0 Å². The van der Waals surface area contributed by atoms with Crippen LogP contribution in [0.25, 0.3) is 0 Å². The standard InChI is InChI=1S/C11H9BrFN3OS3/c12-8-3-7(13)2-1-6(8)4-18-10-15-16-11(20-10)19-5-9(14)17/h1-3H,4-5H2,(H2,14,17). The van der Waals surface area contributed by atoms with E-state index in [2.05, 4.69) is 26.1 Å². The lowest BCUT2D eigenvalue weighted by Gasteiger charge is -2.02. The molecule has 0 spiro atoms. The summed E-state index contributed by atoms with van der Waals surface area (Å²) in [5.41, 5.74) is 6.05. The van der Waals surface area contributed by atoms with Crippen molar-refractivity contribution in [2.45, 2.75) is 14.4 Å². The van der Waals surface area contributed by atoms with Gasteiger partial charge in [0, 0.05) is 10.2 Å². The van der Waals surface area contributed by atoms with Crippen LogP contribution in [0.4, 0.5) is 4.39 Å². The fourth-order valence-electron chi connectivity index (χ4n) is 1.22. The van der Waals surface area contributed by atoms with Crippen molar-refractivity contribution in [3.63, 3.8) is 0 Å². The summed E-state index contributed by atoms with van der Waals surface area (Å²) in [7, 11) is 0. The summed E-state index contributed by atoms with van der Waals surface area (Å²) in [4.78, 5) is 10.7. The van der Waals surface area contributed by atoms with Crippen molar-refractivity contribution in [1.82, 2.24) is 10.2 Å². The highest BCUT2D eigenvalue weighted by molar-refractivity contribution is 9.10. The molecule has 4 nitrogen and oxygen atoms in total. The van der Waals surface area contributed by atoms with Crippen LogP contribution in [-0.2, 0) is 10.5 Å². The average molecular weight is 394 g/mol. The Balaban J connectivity index is 1.92. The number of benzene rings is 1. The van der Waals surface area contributed by atoms with E-state index in [9.17, 15) is 9.18 Å². The van der Waals surface area contributed by atoms with Crippen LogP contribution in [-0.4, -0.2) is 21.9 Å². The van der Waals surface area contributed by atoms with E-state index in [4.69, 9.17) is 5.73 Å². The topological polar surface area (TPSA) is 68.9 Å². The maximum atomic E-state index is 13.0. The summed E-state index contributed by atoms with van der Waals surface area (Å²) in [5, 5.41) is 7.99. The molecule has 0 atom stereocenters. The minimum absolute atomic E-state index is 0.197. The zero-order valence-electron chi connectivity index (χ0n) is 10.0. The van der Waals surface area contributed by atoms with Crippen molar-refractivity contribution >= 4 is 56.7 Å². The Bertz CT molecular complexity index is 623. The third kappa shape index (κ3) is 4.72. The van der Waals surface area contributed by atoms with Crippen molar-refractivity contribution in [3.8, 4) is 0 Å². The predicted molar refractivity (Wildman–Crippen MR) is 83.5 cm³/mol. The van der Waals surface area contributed by atoms with E-state index in [1.54, 1.807) is 6.07 Å². The highest BCUT2D eigenvalue weighted by atomic mass is 79.9. The Labute approximate surface area is 135 Å². The van der Waals surface area contributed by atoms with E-state index < -0.39 is 0 Å². The van der Waals surface area contributed by atoms with Crippen LogP contribution in [0.5, 0.6) is 0 Å². The molecule has 2 aromatic rings. The number of amides is 1. The van der Waals surface area contributed by atoms with Crippen LogP contribution in [0.15, 0.2) is 31.4 Å². The number of carbonyl (C=O) groups excluding carboxylic acids is 1. The second-order valence-corrected chi connectivity index (χ2v) is 7.89. The van der Waals surface area contributed by atoms with Gasteiger partial charge in [0.25, 0.3) is 0 Å². The molecule has 1 aromatic carbocycles. The van der Waals surface area contributed by atoms with Crippen molar-refractivity contribution < 1.29 is 9.18 Å². The van der Waals surface area contributed by atoms with Crippen molar-refractivity contribution in [2.75, 3.05) is 5.75 Å². The number of nitrogens with zero attached hydrogens (tertiary/aromatic N) is 2. The van der Waals surface area contributed by atoms with Gasteiger partial charge in [0.05, 0.1) is 5.75 Å². The summed E-state index contributed by atoms with van der Waals surface area (Å²) >= 11 is 7.52. The zero-order valence-corrected chi connectivity index (χ0v) is 14.0. The maximum absolute atomic E-state index is 13.0. The Morgan fingerprint density at radius 2 is 2.05 bits per heavy atom. The van der Waals surface area contributed by atoms with Crippen LogP contribution in [0.1, 0.15) is 5.56 Å². The molecule has 0 fully saturated rings. The Hall–Kier alpha value is -0.640. The van der Waals surface area contributed by atoms with Crippen LogP contribution < -0.4 is 5.73 Å². The SMILES string of the molecule is NC(=O)CSc1nnc(SCc2ccc(F)cc2Br)s1. The molecule has 0 aliphatic rings. The number of carbonyl (C=O) groups is 1. The molecule has 0 radical (unpaired) electrons. The average Bonchev–Trinajstić information content (AvgIpc) is 2.83. The number of hydrogen-bond donors (Lipinski definition) is 1. The molecule has 0 unspecified atom stereocenters. The molecule has 0 aliphatic carbocycles. The van der Waals surface area contributed by atoms with Gasteiger partial charge >= 0.3 is 0 Å². The van der Waals surface area contributed by atoms with Gasteiger partial charge in [-0.1, -0.05) is 56.9 Å². The number of hydrogen-bond acceptors (Lipinski definition) is 6. The maximum Gasteiger partial charge on any atom is 0.227 e. The van der Waals surface area contributed by atoms with Gasteiger partial charge in [-0.2, -0.15) is 0 Å². The highest BCUT2D eigenvalue weighted by Gasteiger charge is 2.08. The molecule has 1 aromatic heterocycles. The van der Waals surface area contributed by atoms with Crippen LogP contribution in [0, 0.1) is 5.82 Å². The third-order valence-corrected chi connectivity index (χ3v) is 6.09. The lowest BCUT2D eigenvalue weighted by molar-refractivity contribution is -0.115. The molecular formula is C11H9BrFN3OS3. The largest absolute Gasteiger partial charge is 0.369 e. The normalized spacial score (nSPS) is 10.7. The highest BCUT2D eigenvalue weighted by Crippen LogP contribution is 2.32. The van der Waals surface area contributed by atoms with Crippen molar-refractivity contribution in [3.05, 3.63) is 34.1 Å². The number of rotatable bonds is 6. The van der Waals surface area contributed by atoms with E-state index in [1.165, 1.54) is 47.0 Å². The second kappa shape index (κ2) is 7.39. The van der Waals surface area contributed by atoms with Gasteiger partial charge in [-0.25, -0.2) is 4.39 Å². The minimum Gasteiger partial charge on any atom is -0.369 e. The van der Waals surface area contributed by atoms with Gasteiger partial charge in [-0.05, 0) is 17.7 Å². The Morgan fingerprint density at radius 3 is 2.70 bits per heavy atom. The fourth-order valence-corrected chi connectivity index (χ4v) is 4.66. The predicted octanol–water partition coefficient (Wildman–Crippen LogP) is 3.31. The smallest absolute Gasteiger partial charge is 0.227 e. The first-order valence-corrected chi connectivity index (χ1v) is 8.94. The molecule has 0 bridgehead atoms. The van der Waals surface area contributed by atoms with Gasteiger partial charge in [0.15, 0.2) is 8.68 Å². The van der Waals surface area contributed by atoms with Gasteiger partial charge in [0.1, 0.15) is 5.82 Å². The second-order valence-electron chi connectivity index (χ2n) is 3.61. The van der Waals surface area contributed by atoms with Crippen molar-refractivity contribution in [1.29, 1.82) is 0 Å². The zero-order chi connectivity index (χ0) is 14.5. The quantitative estimate of drug-likeness (QED) is 0.762. The molecule has 2 N–H and O–H groups in total. The minimum atomic E-state index is -0.380. The van der Waals surface area contributed by atoms with E-state index in [0.717, 1.165) is 14.4 Å². The molecule has 0 aliphatic heterocycles. The summed E-state index contributed by atoms with van der Waals surface area (Å²) in [5.74, 6) is 0.208. The lowest BCUT2D eigenvalue weighted by Crippen LogP contribution is -2.12. The number of primary amides is 1. The van der Waals surface area contributed by atoms with Gasteiger partial charge in [0.2, 0.25) is 5.91 Å².